The second-order valence-corrected chi connectivity index (χ2v) is 10.2. The van der Waals surface area contributed by atoms with Gasteiger partial charge in [-0.05, 0) is 72.7 Å². The summed E-state index contributed by atoms with van der Waals surface area (Å²) in [5.74, 6) is 0.464. The van der Waals surface area contributed by atoms with Crippen LogP contribution >= 0.6 is 0 Å². The van der Waals surface area contributed by atoms with Gasteiger partial charge in [-0.3, -0.25) is 9.79 Å². The molecular formula is C31H25N3O3. The van der Waals surface area contributed by atoms with Gasteiger partial charge in [0, 0.05) is 23.8 Å². The minimum atomic E-state index is -0.849. The summed E-state index contributed by atoms with van der Waals surface area (Å²) in [7, 11) is 2.02. The molecule has 1 unspecified atom stereocenters. The smallest absolute Gasteiger partial charge is 0.247 e. The molecule has 7 rings (SSSR count). The van der Waals surface area contributed by atoms with Crippen LogP contribution in [-0.4, -0.2) is 24.9 Å². The summed E-state index contributed by atoms with van der Waals surface area (Å²) in [6.45, 7) is 7.84. The summed E-state index contributed by atoms with van der Waals surface area (Å²) in [5.41, 5.74) is 3.87. The fraction of sp³-hybridized carbons (Fsp3) is 0.161. The average molecular weight is 488 g/mol. The summed E-state index contributed by atoms with van der Waals surface area (Å²) in [6.07, 6.45) is 3.18. The highest BCUT2D eigenvalue weighted by Gasteiger charge is 2.58. The first-order valence-electron chi connectivity index (χ1n) is 12.3. The summed E-state index contributed by atoms with van der Waals surface area (Å²) in [4.78, 5) is 19.1. The highest BCUT2D eigenvalue weighted by molar-refractivity contribution is 6.23. The molecule has 1 N–H and O–H groups in total. The summed E-state index contributed by atoms with van der Waals surface area (Å²) < 4.78 is 13.1. The van der Waals surface area contributed by atoms with Crippen LogP contribution in [0.1, 0.15) is 19.4 Å². The second kappa shape index (κ2) is 7.23. The zero-order chi connectivity index (χ0) is 25.5. The molecule has 37 heavy (non-hydrogen) atoms. The highest BCUT2D eigenvalue weighted by Crippen LogP contribution is 2.55. The van der Waals surface area contributed by atoms with Crippen molar-refractivity contribution < 1.29 is 13.9 Å². The number of anilines is 2. The standard InChI is InChI=1S/C31H25N3O3/c1-5-26(35)33-19-11-12-22-21(16-19)30(2,3)31(34(22)4)17-32-29-25(37-31)15-14-24-28(29)27-20-9-7-6-8-18(20)10-13-23(27)36-24/h5-17H,1H2,2-4H3,(H,33,35). The number of nitrogens with zero attached hydrogens (tertiary/aromatic N) is 2. The molecule has 1 amide bonds. The molecule has 6 heteroatoms. The fourth-order valence-corrected chi connectivity index (χ4v) is 5.99. The van der Waals surface area contributed by atoms with Crippen LogP contribution < -0.4 is 15.0 Å². The van der Waals surface area contributed by atoms with Gasteiger partial charge >= 0.3 is 0 Å². The lowest BCUT2D eigenvalue weighted by molar-refractivity contribution is -0.111. The van der Waals surface area contributed by atoms with E-state index in [-0.39, 0.29) is 5.91 Å². The van der Waals surface area contributed by atoms with E-state index in [9.17, 15) is 4.79 Å². The van der Waals surface area contributed by atoms with Crippen molar-refractivity contribution in [2.24, 2.45) is 4.99 Å². The molecule has 5 aromatic rings. The number of rotatable bonds is 2. The molecule has 1 spiro atoms. The molecule has 2 aliphatic rings. The van der Waals surface area contributed by atoms with Crippen LogP contribution in [0, 0.1) is 0 Å². The summed E-state index contributed by atoms with van der Waals surface area (Å²) in [5, 5.41) is 7.16. The number of furan rings is 1. The first-order valence-corrected chi connectivity index (χ1v) is 12.3. The fourth-order valence-electron chi connectivity index (χ4n) is 5.99. The minimum Gasteiger partial charge on any atom is -0.459 e. The van der Waals surface area contributed by atoms with E-state index in [0.29, 0.717) is 11.4 Å². The normalized spacial score (nSPS) is 19.3. The van der Waals surface area contributed by atoms with E-state index in [2.05, 4.69) is 48.8 Å². The zero-order valence-electron chi connectivity index (χ0n) is 20.8. The first kappa shape index (κ1) is 21.7. The molecule has 2 aliphatic heterocycles. The predicted octanol–water partition coefficient (Wildman–Crippen LogP) is 7.08. The number of fused-ring (bicyclic) bond motifs is 8. The van der Waals surface area contributed by atoms with Gasteiger partial charge < -0.3 is 19.4 Å². The van der Waals surface area contributed by atoms with Gasteiger partial charge in [-0.1, -0.05) is 36.9 Å². The number of ether oxygens (including phenoxy) is 1. The van der Waals surface area contributed by atoms with E-state index < -0.39 is 11.1 Å². The van der Waals surface area contributed by atoms with Gasteiger partial charge in [0.1, 0.15) is 22.6 Å². The first-order chi connectivity index (χ1) is 17.8. The Hall–Kier alpha value is -4.58. The van der Waals surface area contributed by atoms with Crippen LogP contribution in [0.25, 0.3) is 32.7 Å². The third-order valence-electron chi connectivity index (χ3n) is 7.98. The number of aliphatic imine (C=N–C) groups is 1. The average Bonchev–Trinajstić information content (AvgIpc) is 3.37. The predicted molar refractivity (Wildman–Crippen MR) is 149 cm³/mol. The molecule has 4 aromatic carbocycles. The van der Waals surface area contributed by atoms with Crippen LogP contribution in [0.2, 0.25) is 0 Å². The number of nitrogens with one attached hydrogen (secondary N) is 1. The minimum absolute atomic E-state index is 0.243. The number of hydrogen-bond acceptors (Lipinski definition) is 5. The maximum absolute atomic E-state index is 11.9. The van der Waals surface area contributed by atoms with Crippen LogP contribution in [0.3, 0.4) is 0 Å². The lowest BCUT2D eigenvalue weighted by Crippen LogP contribution is -2.61. The molecule has 6 nitrogen and oxygen atoms in total. The maximum Gasteiger partial charge on any atom is 0.247 e. The number of amides is 1. The van der Waals surface area contributed by atoms with Crippen LogP contribution in [0.15, 0.2) is 88.8 Å². The molecule has 0 bridgehead atoms. The summed E-state index contributed by atoms with van der Waals surface area (Å²) in [6, 6.07) is 22.2. The Bertz CT molecular complexity index is 1830. The zero-order valence-corrected chi connectivity index (χ0v) is 20.8. The highest BCUT2D eigenvalue weighted by atomic mass is 16.5. The van der Waals surface area contributed by atoms with E-state index >= 15 is 0 Å². The Morgan fingerprint density at radius 2 is 1.81 bits per heavy atom. The van der Waals surface area contributed by atoms with Crippen molar-refractivity contribution in [3.63, 3.8) is 0 Å². The number of carbonyl (C=O) groups is 1. The quantitative estimate of drug-likeness (QED) is 0.270. The Kier molecular flexibility index (Phi) is 4.24. The SMILES string of the molecule is C=CC(=O)Nc1ccc2c(c1)C(C)(C)C1(C=Nc3c(ccc4oc5ccc6ccccc6c5c34)O1)N2C. The molecule has 182 valence electrons. The Balaban J connectivity index is 1.40. The van der Waals surface area contributed by atoms with Gasteiger partial charge in [0.05, 0.1) is 17.0 Å². The molecule has 1 atom stereocenters. The molecule has 0 fully saturated rings. The van der Waals surface area contributed by atoms with Gasteiger partial charge in [0.2, 0.25) is 11.6 Å². The van der Waals surface area contributed by atoms with Crippen LogP contribution in [0.4, 0.5) is 17.1 Å². The van der Waals surface area contributed by atoms with Crippen molar-refractivity contribution in [1.82, 2.24) is 0 Å². The number of benzene rings is 4. The van der Waals surface area contributed by atoms with E-state index in [4.69, 9.17) is 14.1 Å². The molecule has 0 aliphatic carbocycles. The molecule has 0 radical (unpaired) electrons. The van der Waals surface area contributed by atoms with Crippen LogP contribution in [0.5, 0.6) is 5.75 Å². The van der Waals surface area contributed by atoms with Gasteiger partial charge in [0.15, 0.2) is 0 Å². The van der Waals surface area contributed by atoms with E-state index in [1.54, 1.807) is 0 Å². The maximum atomic E-state index is 11.9. The van der Waals surface area contributed by atoms with E-state index in [1.165, 1.54) is 6.08 Å². The third-order valence-corrected chi connectivity index (χ3v) is 7.98. The van der Waals surface area contributed by atoms with Gasteiger partial charge in [0.25, 0.3) is 0 Å². The van der Waals surface area contributed by atoms with E-state index in [0.717, 1.165) is 49.6 Å². The lowest BCUT2D eigenvalue weighted by Gasteiger charge is -2.44. The number of hydrogen-bond donors (Lipinski definition) is 1. The second-order valence-electron chi connectivity index (χ2n) is 10.2. The molecule has 0 saturated carbocycles. The lowest BCUT2D eigenvalue weighted by atomic mass is 9.77. The van der Waals surface area contributed by atoms with E-state index in [1.807, 2.05) is 61.8 Å². The van der Waals surface area contributed by atoms with Gasteiger partial charge in [-0.15, -0.1) is 0 Å². The van der Waals surface area contributed by atoms with Crippen molar-refractivity contribution in [3.8, 4) is 5.75 Å². The molecule has 0 saturated heterocycles. The number of carbonyl (C=O) groups excluding carboxylic acids is 1. The summed E-state index contributed by atoms with van der Waals surface area (Å²) >= 11 is 0. The van der Waals surface area contributed by atoms with Crippen LogP contribution in [-0.2, 0) is 10.2 Å². The van der Waals surface area contributed by atoms with Crippen molar-refractivity contribution in [2.45, 2.75) is 25.0 Å². The van der Waals surface area contributed by atoms with Crippen molar-refractivity contribution in [2.75, 3.05) is 17.3 Å². The largest absolute Gasteiger partial charge is 0.459 e. The molecule has 1 aromatic heterocycles. The Morgan fingerprint density at radius 3 is 2.65 bits per heavy atom. The number of likely N-dealkylation sites (N-methyl/N-ethyl adjacent to an activating group) is 1. The topological polar surface area (TPSA) is 67.1 Å². The third kappa shape index (κ3) is 2.75. The Morgan fingerprint density at radius 1 is 1.03 bits per heavy atom. The van der Waals surface area contributed by atoms with Crippen molar-refractivity contribution >= 4 is 61.9 Å². The Labute approximate surface area is 213 Å². The molecular weight excluding hydrogens is 462 g/mol. The monoisotopic (exact) mass is 487 g/mol. The van der Waals surface area contributed by atoms with Gasteiger partial charge in [-0.25, -0.2) is 0 Å². The van der Waals surface area contributed by atoms with Crippen molar-refractivity contribution in [1.29, 1.82) is 0 Å². The van der Waals surface area contributed by atoms with Crippen molar-refractivity contribution in [3.05, 3.63) is 84.9 Å². The van der Waals surface area contributed by atoms with Gasteiger partial charge in [-0.2, -0.15) is 0 Å². The molecule has 3 heterocycles.